The van der Waals surface area contributed by atoms with E-state index in [2.05, 4.69) is 35.6 Å². The van der Waals surface area contributed by atoms with Crippen LogP contribution >= 0.6 is 22.6 Å². The first kappa shape index (κ1) is 15.1. The molecule has 0 spiro atoms. The molecule has 3 nitrogen and oxygen atoms in total. The molecular weight excluding hydrogens is 391 g/mol. The summed E-state index contributed by atoms with van der Waals surface area (Å²) in [4.78, 5) is 12.1. The molecule has 1 aromatic heterocycles. The Bertz CT molecular complexity index is 803. The van der Waals surface area contributed by atoms with E-state index in [0.29, 0.717) is 5.75 Å². The molecule has 0 saturated heterocycles. The van der Waals surface area contributed by atoms with Gasteiger partial charge in [-0.15, -0.1) is 0 Å². The molecule has 0 aliphatic carbocycles. The molecule has 112 valence electrons. The van der Waals surface area contributed by atoms with Gasteiger partial charge in [0, 0.05) is 14.5 Å². The maximum atomic E-state index is 12.1. The molecule has 0 amide bonds. The second-order valence-corrected chi connectivity index (χ2v) is 6.30. The molecule has 0 atom stereocenters. The van der Waals surface area contributed by atoms with Gasteiger partial charge in [0.2, 0.25) is 0 Å². The SMILES string of the molecule is CCc1ccc2occ(CC(=O)Oc3ccc(I)cc3)c2c1. The van der Waals surface area contributed by atoms with Crippen molar-refractivity contribution in [3.63, 3.8) is 0 Å². The van der Waals surface area contributed by atoms with E-state index in [4.69, 9.17) is 9.15 Å². The number of fused-ring (bicyclic) bond motifs is 1. The van der Waals surface area contributed by atoms with Gasteiger partial charge < -0.3 is 9.15 Å². The van der Waals surface area contributed by atoms with E-state index >= 15 is 0 Å². The van der Waals surface area contributed by atoms with Gasteiger partial charge in [-0.25, -0.2) is 0 Å². The number of benzene rings is 2. The Balaban J connectivity index is 1.77. The van der Waals surface area contributed by atoms with Crippen molar-refractivity contribution in [3.8, 4) is 5.75 Å². The van der Waals surface area contributed by atoms with Gasteiger partial charge in [-0.05, 0) is 71.0 Å². The van der Waals surface area contributed by atoms with E-state index in [9.17, 15) is 4.79 Å². The highest BCUT2D eigenvalue weighted by Gasteiger charge is 2.12. The van der Waals surface area contributed by atoms with E-state index in [-0.39, 0.29) is 12.4 Å². The number of halogens is 1. The summed E-state index contributed by atoms with van der Waals surface area (Å²) in [6, 6.07) is 13.5. The van der Waals surface area contributed by atoms with Crippen LogP contribution in [0.1, 0.15) is 18.1 Å². The Morgan fingerprint density at radius 3 is 2.68 bits per heavy atom. The van der Waals surface area contributed by atoms with Crippen molar-refractivity contribution < 1.29 is 13.9 Å². The number of rotatable bonds is 4. The highest BCUT2D eigenvalue weighted by atomic mass is 127. The summed E-state index contributed by atoms with van der Waals surface area (Å²) in [7, 11) is 0. The highest BCUT2D eigenvalue weighted by molar-refractivity contribution is 14.1. The van der Waals surface area contributed by atoms with Crippen LogP contribution in [-0.4, -0.2) is 5.97 Å². The molecule has 2 aromatic carbocycles. The van der Waals surface area contributed by atoms with Gasteiger partial charge in [0.15, 0.2) is 0 Å². The number of hydrogen-bond donors (Lipinski definition) is 0. The van der Waals surface area contributed by atoms with Crippen molar-refractivity contribution >= 4 is 39.5 Å². The third-order valence-corrected chi connectivity index (χ3v) is 4.23. The lowest BCUT2D eigenvalue weighted by Crippen LogP contribution is -2.10. The normalized spacial score (nSPS) is 10.8. The van der Waals surface area contributed by atoms with E-state index in [1.807, 2.05) is 24.3 Å². The number of esters is 1. The summed E-state index contributed by atoms with van der Waals surface area (Å²) in [6.45, 7) is 2.10. The summed E-state index contributed by atoms with van der Waals surface area (Å²) in [5.41, 5.74) is 2.89. The first-order valence-corrected chi connectivity index (χ1v) is 8.19. The third kappa shape index (κ3) is 3.32. The predicted molar refractivity (Wildman–Crippen MR) is 94.1 cm³/mol. The van der Waals surface area contributed by atoms with Crippen LogP contribution in [0.4, 0.5) is 0 Å². The molecule has 0 aliphatic rings. The predicted octanol–water partition coefficient (Wildman–Crippen LogP) is 4.75. The Morgan fingerprint density at radius 1 is 1.18 bits per heavy atom. The molecule has 3 rings (SSSR count). The average Bonchev–Trinajstić information content (AvgIpc) is 2.91. The molecule has 3 aromatic rings. The Labute approximate surface area is 142 Å². The van der Waals surface area contributed by atoms with Crippen molar-refractivity contribution in [1.82, 2.24) is 0 Å². The first-order valence-electron chi connectivity index (χ1n) is 7.11. The van der Waals surface area contributed by atoms with Crippen LogP contribution < -0.4 is 4.74 Å². The lowest BCUT2D eigenvalue weighted by molar-refractivity contribution is -0.133. The maximum absolute atomic E-state index is 12.1. The van der Waals surface area contributed by atoms with Gasteiger partial charge in [-0.3, -0.25) is 4.79 Å². The molecule has 0 aliphatic heterocycles. The van der Waals surface area contributed by atoms with Crippen molar-refractivity contribution in [2.24, 2.45) is 0 Å². The lowest BCUT2D eigenvalue weighted by atomic mass is 10.1. The van der Waals surface area contributed by atoms with Gasteiger partial charge in [0.25, 0.3) is 0 Å². The molecule has 0 saturated carbocycles. The van der Waals surface area contributed by atoms with Crippen molar-refractivity contribution in [2.45, 2.75) is 19.8 Å². The van der Waals surface area contributed by atoms with Crippen LogP contribution in [0.25, 0.3) is 11.0 Å². The van der Waals surface area contributed by atoms with E-state index in [1.54, 1.807) is 18.4 Å². The maximum Gasteiger partial charge on any atom is 0.315 e. The molecule has 0 bridgehead atoms. The standard InChI is InChI=1S/C18H15IO3/c1-2-12-3-8-17-16(9-12)13(11-21-17)10-18(20)22-15-6-4-14(19)5-7-15/h3-9,11H,2,10H2,1H3. The number of hydrogen-bond acceptors (Lipinski definition) is 3. The summed E-state index contributed by atoms with van der Waals surface area (Å²) < 4.78 is 12.0. The van der Waals surface area contributed by atoms with Gasteiger partial charge in [-0.2, -0.15) is 0 Å². The Kier molecular flexibility index (Phi) is 4.47. The first-order chi connectivity index (χ1) is 10.7. The number of furan rings is 1. The minimum absolute atomic E-state index is 0.201. The van der Waals surface area contributed by atoms with Gasteiger partial charge >= 0.3 is 5.97 Å². The van der Waals surface area contributed by atoms with Crippen LogP contribution in [-0.2, 0) is 17.6 Å². The fourth-order valence-electron chi connectivity index (χ4n) is 2.31. The zero-order valence-electron chi connectivity index (χ0n) is 12.1. The van der Waals surface area contributed by atoms with Crippen LogP contribution in [0.2, 0.25) is 0 Å². The quantitative estimate of drug-likeness (QED) is 0.357. The van der Waals surface area contributed by atoms with Crippen molar-refractivity contribution in [2.75, 3.05) is 0 Å². The van der Waals surface area contributed by atoms with Gasteiger partial charge in [0.05, 0.1) is 12.7 Å². The molecule has 0 unspecified atom stereocenters. The smallest absolute Gasteiger partial charge is 0.315 e. The third-order valence-electron chi connectivity index (χ3n) is 3.51. The van der Waals surface area contributed by atoms with E-state index in [0.717, 1.165) is 26.5 Å². The Morgan fingerprint density at radius 2 is 1.95 bits per heavy atom. The Hall–Kier alpha value is -1.82. The second-order valence-electron chi connectivity index (χ2n) is 5.05. The molecule has 0 radical (unpaired) electrons. The fourth-order valence-corrected chi connectivity index (χ4v) is 2.67. The average molecular weight is 406 g/mol. The van der Waals surface area contributed by atoms with Gasteiger partial charge in [-0.1, -0.05) is 13.0 Å². The number of ether oxygens (including phenoxy) is 1. The molecule has 1 heterocycles. The van der Waals surface area contributed by atoms with E-state index < -0.39 is 0 Å². The van der Waals surface area contributed by atoms with Crippen molar-refractivity contribution in [3.05, 3.63) is 63.4 Å². The lowest BCUT2D eigenvalue weighted by Gasteiger charge is -2.04. The molecule has 0 N–H and O–H groups in total. The molecular formula is C18H15IO3. The number of aryl methyl sites for hydroxylation is 1. The largest absolute Gasteiger partial charge is 0.464 e. The van der Waals surface area contributed by atoms with Crippen molar-refractivity contribution in [1.29, 1.82) is 0 Å². The minimum atomic E-state index is -0.286. The second kappa shape index (κ2) is 6.52. The molecule has 4 heteroatoms. The summed E-state index contributed by atoms with van der Waals surface area (Å²) in [5, 5.41) is 0.985. The summed E-state index contributed by atoms with van der Waals surface area (Å²) in [5.74, 6) is 0.276. The number of carbonyl (C=O) groups is 1. The van der Waals surface area contributed by atoms with Gasteiger partial charge in [0.1, 0.15) is 11.3 Å². The zero-order chi connectivity index (χ0) is 15.5. The summed E-state index contributed by atoms with van der Waals surface area (Å²) in [6.07, 6.45) is 2.79. The fraction of sp³-hybridized carbons (Fsp3) is 0.167. The van der Waals surface area contributed by atoms with E-state index in [1.165, 1.54) is 5.56 Å². The van der Waals surface area contributed by atoms with Crippen LogP contribution in [0.3, 0.4) is 0 Å². The summed E-state index contributed by atoms with van der Waals surface area (Å²) >= 11 is 2.21. The topological polar surface area (TPSA) is 39.4 Å². The van der Waals surface area contributed by atoms with Crippen LogP contribution in [0.15, 0.2) is 53.1 Å². The van der Waals surface area contributed by atoms with Crippen LogP contribution in [0, 0.1) is 3.57 Å². The molecule has 22 heavy (non-hydrogen) atoms. The monoisotopic (exact) mass is 406 g/mol. The molecule has 0 fully saturated rings. The highest BCUT2D eigenvalue weighted by Crippen LogP contribution is 2.24. The minimum Gasteiger partial charge on any atom is -0.464 e. The number of carbonyl (C=O) groups excluding carboxylic acids is 1. The van der Waals surface area contributed by atoms with Crippen LogP contribution in [0.5, 0.6) is 5.75 Å². The zero-order valence-corrected chi connectivity index (χ0v) is 14.3.